The van der Waals surface area contributed by atoms with Crippen LogP contribution in [0.3, 0.4) is 0 Å². The van der Waals surface area contributed by atoms with E-state index in [0.717, 1.165) is 6.42 Å². The third kappa shape index (κ3) is 7.28. The van der Waals surface area contributed by atoms with E-state index in [1.54, 1.807) is 0 Å². The molecule has 0 saturated carbocycles. The van der Waals surface area contributed by atoms with E-state index in [2.05, 4.69) is 18.0 Å². The number of hydrogen-bond acceptors (Lipinski definition) is 2. The van der Waals surface area contributed by atoms with Crippen molar-refractivity contribution in [3.63, 3.8) is 0 Å². The third-order valence-corrected chi connectivity index (χ3v) is 1.61. The van der Waals surface area contributed by atoms with Crippen molar-refractivity contribution in [2.24, 2.45) is 5.73 Å². The molecule has 0 amide bonds. The van der Waals surface area contributed by atoms with Crippen molar-refractivity contribution in [3.8, 4) is 0 Å². The van der Waals surface area contributed by atoms with Crippen LogP contribution in [-0.4, -0.2) is 10.8 Å². The van der Waals surface area contributed by atoms with E-state index in [1.165, 1.54) is 12.1 Å². The van der Waals surface area contributed by atoms with Gasteiger partial charge in [-0.3, -0.25) is 10.4 Å². The number of nitrogens with zero attached hydrogens (tertiary/aromatic N) is 1. The molecule has 78 valence electrons. The van der Waals surface area contributed by atoms with Crippen LogP contribution in [0.15, 0.2) is 24.4 Å². The zero-order valence-corrected chi connectivity index (χ0v) is 8.96. The maximum Gasteiger partial charge on any atom is 0.0902 e. The van der Waals surface area contributed by atoms with Gasteiger partial charge in [0.1, 0.15) is 0 Å². The zero-order valence-electron chi connectivity index (χ0n) is 8.96. The maximum atomic E-state index is 6.52. The number of hydrogen-bond donors (Lipinski definition) is 2. The Morgan fingerprint density at radius 3 is 2.43 bits per heavy atom. The van der Waals surface area contributed by atoms with Crippen molar-refractivity contribution >= 4 is 5.84 Å². The smallest absolute Gasteiger partial charge is 0.0902 e. The molecule has 0 bridgehead atoms. The fraction of sp³-hybridized carbons (Fsp3) is 0.455. The Hall–Kier alpha value is -1.38. The summed E-state index contributed by atoms with van der Waals surface area (Å²) in [6.45, 7) is 4.01. The monoisotopic (exact) mass is 193 g/mol. The molecule has 3 nitrogen and oxygen atoms in total. The first kappa shape index (κ1) is 12.6. The second-order valence-electron chi connectivity index (χ2n) is 2.95. The Labute approximate surface area is 85.9 Å². The second-order valence-corrected chi connectivity index (χ2v) is 2.95. The highest BCUT2D eigenvalue weighted by Gasteiger charge is 1.86. The van der Waals surface area contributed by atoms with Gasteiger partial charge in [0, 0.05) is 18.3 Å². The van der Waals surface area contributed by atoms with E-state index in [1.807, 2.05) is 25.3 Å². The molecule has 1 heterocycles. The first-order chi connectivity index (χ1) is 6.70. The van der Waals surface area contributed by atoms with Crippen LogP contribution >= 0.6 is 0 Å². The summed E-state index contributed by atoms with van der Waals surface area (Å²) in [6.07, 6.45) is 4.78. The van der Waals surface area contributed by atoms with E-state index in [4.69, 9.17) is 11.1 Å². The van der Waals surface area contributed by atoms with Crippen LogP contribution in [0.5, 0.6) is 0 Å². The Balaban J connectivity index is 0.000000292. The predicted octanol–water partition coefficient (Wildman–Crippen LogP) is 2.37. The van der Waals surface area contributed by atoms with Crippen LogP contribution in [0.2, 0.25) is 0 Å². The SMILES string of the molecule is CCC(=N)N.CCCc1ccccn1. The molecule has 1 aromatic heterocycles. The summed E-state index contributed by atoms with van der Waals surface area (Å²) in [6, 6.07) is 6.03. The van der Waals surface area contributed by atoms with Crippen LogP contribution in [0.4, 0.5) is 0 Å². The molecule has 1 aromatic rings. The Morgan fingerprint density at radius 1 is 1.43 bits per heavy atom. The third-order valence-electron chi connectivity index (χ3n) is 1.61. The van der Waals surface area contributed by atoms with Crippen LogP contribution in [0, 0.1) is 5.41 Å². The van der Waals surface area contributed by atoms with Gasteiger partial charge in [-0.2, -0.15) is 0 Å². The summed E-state index contributed by atoms with van der Waals surface area (Å²) in [7, 11) is 0. The van der Waals surface area contributed by atoms with Crippen molar-refractivity contribution in [2.45, 2.75) is 33.1 Å². The van der Waals surface area contributed by atoms with Crippen LogP contribution in [0.1, 0.15) is 32.4 Å². The number of nitrogens with two attached hydrogens (primary N) is 1. The van der Waals surface area contributed by atoms with E-state index in [-0.39, 0.29) is 5.84 Å². The zero-order chi connectivity index (χ0) is 10.8. The largest absolute Gasteiger partial charge is 0.388 e. The molecule has 0 radical (unpaired) electrons. The summed E-state index contributed by atoms with van der Waals surface area (Å²) >= 11 is 0. The molecule has 3 heteroatoms. The Bertz CT molecular complexity index is 244. The highest BCUT2D eigenvalue weighted by Crippen LogP contribution is 1.95. The van der Waals surface area contributed by atoms with E-state index >= 15 is 0 Å². The molecule has 0 spiro atoms. The molecule has 0 atom stereocenters. The van der Waals surface area contributed by atoms with Gasteiger partial charge in [-0.05, 0) is 18.6 Å². The molecule has 0 aliphatic rings. The van der Waals surface area contributed by atoms with Crippen molar-refractivity contribution in [1.82, 2.24) is 4.98 Å². The highest BCUT2D eigenvalue weighted by atomic mass is 14.7. The van der Waals surface area contributed by atoms with Crippen molar-refractivity contribution in [1.29, 1.82) is 5.41 Å². The molecule has 0 aliphatic carbocycles. The first-order valence-corrected chi connectivity index (χ1v) is 4.93. The minimum Gasteiger partial charge on any atom is -0.388 e. The number of aromatic nitrogens is 1. The quantitative estimate of drug-likeness (QED) is 0.571. The lowest BCUT2D eigenvalue weighted by Crippen LogP contribution is -2.05. The number of nitrogens with one attached hydrogen (secondary N) is 1. The molecule has 1 rings (SSSR count). The van der Waals surface area contributed by atoms with Gasteiger partial charge in [-0.15, -0.1) is 0 Å². The number of amidine groups is 1. The van der Waals surface area contributed by atoms with E-state index in [0.29, 0.717) is 6.42 Å². The minimum atomic E-state index is 0.255. The van der Waals surface area contributed by atoms with Gasteiger partial charge in [0.05, 0.1) is 5.84 Å². The van der Waals surface area contributed by atoms with Gasteiger partial charge in [0.25, 0.3) is 0 Å². The molecule has 0 unspecified atom stereocenters. The fourth-order valence-corrected chi connectivity index (χ4v) is 0.802. The minimum absolute atomic E-state index is 0.255. The summed E-state index contributed by atoms with van der Waals surface area (Å²) in [4.78, 5) is 4.17. The molecule has 3 N–H and O–H groups in total. The number of rotatable bonds is 3. The molecule has 14 heavy (non-hydrogen) atoms. The Kier molecular flexibility index (Phi) is 7.42. The van der Waals surface area contributed by atoms with Crippen LogP contribution in [0.25, 0.3) is 0 Å². The molecular formula is C11H19N3. The van der Waals surface area contributed by atoms with Crippen LogP contribution < -0.4 is 5.73 Å². The molecule has 0 saturated heterocycles. The molecule has 0 fully saturated rings. The van der Waals surface area contributed by atoms with Gasteiger partial charge in [0.15, 0.2) is 0 Å². The Morgan fingerprint density at radius 2 is 2.07 bits per heavy atom. The second kappa shape index (κ2) is 8.23. The van der Waals surface area contributed by atoms with Gasteiger partial charge >= 0.3 is 0 Å². The molecule has 0 aliphatic heterocycles. The summed E-state index contributed by atoms with van der Waals surface area (Å²) < 4.78 is 0. The normalized spacial score (nSPS) is 8.71. The van der Waals surface area contributed by atoms with Gasteiger partial charge in [-0.25, -0.2) is 0 Å². The van der Waals surface area contributed by atoms with E-state index < -0.39 is 0 Å². The van der Waals surface area contributed by atoms with Gasteiger partial charge in [-0.1, -0.05) is 26.3 Å². The lowest BCUT2D eigenvalue weighted by atomic mass is 10.2. The standard InChI is InChI=1S/C8H11N.C3H8N2/c1-2-5-8-6-3-4-7-9-8;1-2-3(4)5/h3-4,6-7H,2,5H2,1H3;2H2,1H3,(H3,4,5). The maximum absolute atomic E-state index is 6.52. The summed E-state index contributed by atoms with van der Waals surface area (Å²) in [5.41, 5.74) is 6.07. The predicted molar refractivity (Wildman–Crippen MR) is 60.4 cm³/mol. The lowest BCUT2D eigenvalue weighted by molar-refractivity contribution is 0.883. The highest BCUT2D eigenvalue weighted by molar-refractivity contribution is 5.76. The van der Waals surface area contributed by atoms with Gasteiger partial charge in [0.2, 0.25) is 0 Å². The topological polar surface area (TPSA) is 62.8 Å². The first-order valence-electron chi connectivity index (χ1n) is 4.93. The summed E-state index contributed by atoms with van der Waals surface area (Å²) in [5.74, 6) is 0.255. The fourth-order valence-electron chi connectivity index (χ4n) is 0.802. The van der Waals surface area contributed by atoms with Crippen molar-refractivity contribution < 1.29 is 0 Å². The van der Waals surface area contributed by atoms with Gasteiger partial charge < -0.3 is 5.73 Å². The van der Waals surface area contributed by atoms with E-state index in [9.17, 15) is 0 Å². The average molecular weight is 193 g/mol. The lowest BCUT2D eigenvalue weighted by Gasteiger charge is -1.92. The molecule has 0 aromatic carbocycles. The average Bonchev–Trinajstić information content (AvgIpc) is 2.21. The number of aryl methyl sites for hydroxylation is 1. The molecular weight excluding hydrogens is 174 g/mol. The number of pyridine rings is 1. The van der Waals surface area contributed by atoms with Crippen molar-refractivity contribution in [3.05, 3.63) is 30.1 Å². The van der Waals surface area contributed by atoms with Crippen molar-refractivity contribution in [2.75, 3.05) is 0 Å². The summed E-state index contributed by atoms with van der Waals surface area (Å²) in [5, 5.41) is 6.52. The van der Waals surface area contributed by atoms with Crippen LogP contribution in [-0.2, 0) is 6.42 Å².